The maximum atomic E-state index is 13.5. The van der Waals surface area contributed by atoms with E-state index in [0.29, 0.717) is 0 Å². The number of hydrogen-bond acceptors (Lipinski definition) is 3. The molecule has 0 aliphatic carbocycles. The summed E-state index contributed by atoms with van der Waals surface area (Å²) in [5.74, 6) is 3.39. The van der Waals surface area contributed by atoms with Gasteiger partial charge >= 0.3 is 6.03 Å². The molecule has 1 aromatic rings. The number of urea groups is 1. The summed E-state index contributed by atoms with van der Waals surface area (Å²) in [7, 11) is 2.65. The molecule has 0 spiro atoms. The minimum Gasteiger partial charge on any atom is -0.494 e. The van der Waals surface area contributed by atoms with Crippen molar-refractivity contribution < 1.29 is 18.3 Å². The van der Waals surface area contributed by atoms with Crippen molar-refractivity contribution in [2.75, 3.05) is 14.2 Å². The van der Waals surface area contributed by atoms with Gasteiger partial charge in [-0.1, -0.05) is 0 Å². The van der Waals surface area contributed by atoms with Crippen molar-refractivity contribution in [3.05, 3.63) is 29.3 Å². The standard InChI is InChI=1S/C10H13F2N3O2/c1-15(10(16)14-13)5-6-3-8(12)9(17-2)4-7(6)11/h3-4H,5,13H2,1-2H3,(H,14,16). The Kier molecular flexibility index (Phi) is 4.22. The second-order valence-electron chi connectivity index (χ2n) is 3.38. The van der Waals surface area contributed by atoms with E-state index in [1.807, 2.05) is 5.43 Å². The van der Waals surface area contributed by atoms with Gasteiger partial charge in [0.2, 0.25) is 0 Å². The molecular formula is C10H13F2N3O2. The lowest BCUT2D eigenvalue weighted by molar-refractivity contribution is 0.206. The molecule has 0 saturated heterocycles. The third-order valence-electron chi connectivity index (χ3n) is 2.20. The Balaban J connectivity index is 2.92. The summed E-state index contributed by atoms with van der Waals surface area (Å²) in [5, 5.41) is 0. The molecule has 5 nitrogen and oxygen atoms in total. The predicted octanol–water partition coefficient (Wildman–Crippen LogP) is 0.989. The van der Waals surface area contributed by atoms with E-state index in [1.54, 1.807) is 0 Å². The normalized spacial score (nSPS) is 9.94. The third kappa shape index (κ3) is 3.04. The highest BCUT2D eigenvalue weighted by molar-refractivity contribution is 5.73. The van der Waals surface area contributed by atoms with E-state index < -0.39 is 17.7 Å². The van der Waals surface area contributed by atoms with Crippen LogP contribution in [0.25, 0.3) is 0 Å². The SMILES string of the molecule is COc1cc(F)c(CN(C)C(=O)NN)cc1F. The van der Waals surface area contributed by atoms with Crippen LogP contribution in [-0.2, 0) is 6.54 Å². The first-order chi connectivity index (χ1) is 7.99. The van der Waals surface area contributed by atoms with Crippen molar-refractivity contribution in [1.29, 1.82) is 0 Å². The number of rotatable bonds is 3. The number of hydrogen-bond donors (Lipinski definition) is 2. The van der Waals surface area contributed by atoms with Gasteiger partial charge in [-0.2, -0.15) is 0 Å². The van der Waals surface area contributed by atoms with Crippen molar-refractivity contribution in [2.24, 2.45) is 5.84 Å². The van der Waals surface area contributed by atoms with Gasteiger partial charge in [0.1, 0.15) is 5.82 Å². The smallest absolute Gasteiger partial charge is 0.331 e. The number of nitrogens with one attached hydrogen (secondary N) is 1. The van der Waals surface area contributed by atoms with Crippen LogP contribution in [-0.4, -0.2) is 25.1 Å². The van der Waals surface area contributed by atoms with Crippen LogP contribution in [0.3, 0.4) is 0 Å². The van der Waals surface area contributed by atoms with Crippen LogP contribution in [0.4, 0.5) is 13.6 Å². The minimum absolute atomic E-state index is 0.0365. The summed E-state index contributed by atoms with van der Waals surface area (Å²) >= 11 is 0. The molecule has 0 unspecified atom stereocenters. The van der Waals surface area contributed by atoms with Crippen molar-refractivity contribution >= 4 is 6.03 Å². The molecule has 0 saturated carbocycles. The number of nitrogens with zero attached hydrogens (tertiary/aromatic N) is 1. The highest BCUT2D eigenvalue weighted by atomic mass is 19.1. The van der Waals surface area contributed by atoms with Crippen LogP contribution in [0.15, 0.2) is 12.1 Å². The van der Waals surface area contributed by atoms with Gasteiger partial charge in [-0.25, -0.2) is 19.4 Å². The van der Waals surface area contributed by atoms with E-state index in [-0.39, 0.29) is 17.9 Å². The largest absolute Gasteiger partial charge is 0.494 e. The summed E-state index contributed by atoms with van der Waals surface area (Å²) in [5.41, 5.74) is 1.92. The molecule has 0 aromatic heterocycles. The Morgan fingerprint density at radius 1 is 1.47 bits per heavy atom. The number of halogens is 2. The van der Waals surface area contributed by atoms with E-state index in [4.69, 9.17) is 5.84 Å². The molecule has 3 N–H and O–H groups in total. The maximum Gasteiger partial charge on any atom is 0.331 e. The monoisotopic (exact) mass is 245 g/mol. The average molecular weight is 245 g/mol. The van der Waals surface area contributed by atoms with Gasteiger partial charge in [-0.05, 0) is 6.07 Å². The number of carbonyl (C=O) groups excluding carboxylic acids is 1. The number of hydrazine groups is 1. The summed E-state index contributed by atoms with van der Waals surface area (Å²) in [6.07, 6.45) is 0. The highest BCUT2D eigenvalue weighted by Crippen LogP contribution is 2.21. The van der Waals surface area contributed by atoms with Crippen LogP contribution in [0, 0.1) is 11.6 Å². The lowest BCUT2D eigenvalue weighted by Gasteiger charge is -2.17. The molecule has 0 fully saturated rings. The van der Waals surface area contributed by atoms with Crippen molar-refractivity contribution in [3.63, 3.8) is 0 Å². The van der Waals surface area contributed by atoms with Crippen molar-refractivity contribution in [3.8, 4) is 5.75 Å². The topological polar surface area (TPSA) is 67.6 Å². The Morgan fingerprint density at radius 3 is 2.65 bits per heavy atom. The quantitative estimate of drug-likeness (QED) is 0.474. The first kappa shape index (κ1) is 13.2. The van der Waals surface area contributed by atoms with E-state index in [0.717, 1.165) is 17.0 Å². The average Bonchev–Trinajstić information content (AvgIpc) is 2.32. The minimum atomic E-state index is -0.689. The predicted molar refractivity (Wildman–Crippen MR) is 57.1 cm³/mol. The Hall–Kier alpha value is -1.89. The molecule has 0 aliphatic heterocycles. The number of methoxy groups -OCH3 is 1. The van der Waals surface area contributed by atoms with E-state index in [9.17, 15) is 13.6 Å². The molecule has 1 aromatic carbocycles. The maximum absolute atomic E-state index is 13.5. The van der Waals surface area contributed by atoms with Gasteiger partial charge in [0.05, 0.1) is 13.7 Å². The fourth-order valence-electron chi connectivity index (χ4n) is 1.28. The molecule has 94 valence electrons. The van der Waals surface area contributed by atoms with Gasteiger partial charge in [0, 0.05) is 18.7 Å². The zero-order valence-corrected chi connectivity index (χ0v) is 9.46. The summed E-state index contributed by atoms with van der Waals surface area (Å²) in [6, 6.07) is 1.31. The highest BCUT2D eigenvalue weighted by Gasteiger charge is 2.14. The Labute approximate surface area is 97.1 Å². The molecule has 0 bridgehead atoms. The molecule has 0 atom stereocenters. The molecule has 0 aliphatic rings. The van der Waals surface area contributed by atoms with Crippen LogP contribution >= 0.6 is 0 Å². The van der Waals surface area contributed by atoms with Gasteiger partial charge in [-0.3, -0.25) is 5.43 Å². The van der Waals surface area contributed by atoms with Gasteiger partial charge in [0.25, 0.3) is 0 Å². The van der Waals surface area contributed by atoms with Gasteiger partial charge < -0.3 is 9.64 Å². The molecule has 0 radical (unpaired) electrons. The molecule has 17 heavy (non-hydrogen) atoms. The second-order valence-corrected chi connectivity index (χ2v) is 3.38. The van der Waals surface area contributed by atoms with E-state index >= 15 is 0 Å². The fraction of sp³-hybridized carbons (Fsp3) is 0.300. The fourth-order valence-corrected chi connectivity index (χ4v) is 1.28. The second kappa shape index (κ2) is 5.44. The molecule has 2 amide bonds. The summed E-state index contributed by atoms with van der Waals surface area (Å²) in [4.78, 5) is 12.2. The van der Waals surface area contributed by atoms with Gasteiger partial charge in [-0.15, -0.1) is 0 Å². The van der Waals surface area contributed by atoms with E-state index in [1.165, 1.54) is 14.2 Å². The first-order valence-electron chi connectivity index (χ1n) is 4.73. The Morgan fingerprint density at radius 2 is 2.12 bits per heavy atom. The van der Waals surface area contributed by atoms with Crippen molar-refractivity contribution in [1.82, 2.24) is 10.3 Å². The summed E-state index contributed by atoms with van der Waals surface area (Å²) in [6.45, 7) is -0.101. The van der Waals surface area contributed by atoms with Crippen molar-refractivity contribution in [2.45, 2.75) is 6.54 Å². The zero-order chi connectivity index (χ0) is 13.0. The third-order valence-corrected chi connectivity index (χ3v) is 2.20. The molecule has 7 heteroatoms. The molecular weight excluding hydrogens is 232 g/mol. The van der Waals surface area contributed by atoms with Crippen LogP contribution in [0.1, 0.15) is 5.56 Å². The molecule has 1 rings (SSSR count). The van der Waals surface area contributed by atoms with Crippen LogP contribution in [0.5, 0.6) is 5.75 Å². The first-order valence-corrected chi connectivity index (χ1v) is 4.73. The molecule has 0 heterocycles. The number of ether oxygens (including phenoxy) is 1. The number of carbonyl (C=O) groups is 1. The lowest BCUT2D eigenvalue weighted by atomic mass is 10.2. The lowest BCUT2D eigenvalue weighted by Crippen LogP contribution is -2.40. The summed E-state index contributed by atoms with van der Waals surface area (Å²) < 4.78 is 31.5. The van der Waals surface area contributed by atoms with E-state index in [2.05, 4.69) is 4.74 Å². The van der Waals surface area contributed by atoms with Crippen LogP contribution in [0.2, 0.25) is 0 Å². The zero-order valence-electron chi connectivity index (χ0n) is 9.46. The Bertz CT molecular complexity index is 426. The van der Waals surface area contributed by atoms with Crippen LogP contribution < -0.4 is 16.0 Å². The number of amides is 2. The van der Waals surface area contributed by atoms with Gasteiger partial charge in [0.15, 0.2) is 11.6 Å². The number of nitrogens with two attached hydrogens (primary N) is 1. The number of benzene rings is 1.